The third-order valence-electron chi connectivity index (χ3n) is 2.83. The Morgan fingerprint density at radius 1 is 1.41 bits per heavy atom. The van der Waals surface area contributed by atoms with E-state index in [4.69, 9.17) is 10.6 Å². The summed E-state index contributed by atoms with van der Waals surface area (Å²) in [5.41, 5.74) is 3.85. The van der Waals surface area contributed by atoms with Gasteiger partial charge in [0.15, 0.2) is 0 Å². The number of nitrogens with one attached hydrogen (secondary N) is 1. The van der Waals surface area contributed by atoms with E-state index in [1.165, 1.54) is 0 Å². The number of rotatable bonds is 3. The van der Waals surface area contributed by atoms with E-state index in [0.29, 0.717) is 5.56 Å². The van der Waals surface area contributed by atoms with Gasteiger partial charge in [-0.15, -0.1) is 0 Å². The maximum absolute atomic E-state index is 11.4. The second-order valence-corrected chi connectivity index (χ2v) is 4.06. The van der Waals surface area contributed by atoms with Crippen molar-refractivity contribution in [2.75, 3.05) is 26.3 Å². The minimum atomic E-state index is -0.256. The zero-order chi connectivity index (χ0) is 12.1. The van der Waals surface area contributed by atoms with E-state index in [-0.39, 0.29) is 5.91 Å². The smallest absolute Gasteiger partial charge is 0.265 e. The summed E-state index contributed by atoms with van der Waals surface area (Å²) in [4.78, 5) is 13.7. The predicted octanol–water partition coefficient (Wildman–Crippen LogP) is 0.122. The van der Waals surface area contributed by atoms with Crippen molar-refractivity contribution in [3.8, 4) is 0 Å². The average Bonchev–Trinajstić information content (AvgIpc) is 2.39. The van der Waals surface area contributed by atoms with E-state index in [9.17, 15) is 4.79 Å². The first kappa shape index (κ1) is 12.0. The van der Waals surface area contributed by atoms with Crippen LogP contribution >= 0.6 is 0 Å². The lowest BCUT2D eigenvalue weighted by Gasteiger charge is -2.26. The Bertz CT molecular complexity index is 389. The van der Waals surface area contributed by atoms with Crippen molar-refractivity contribution in [1.82, 2.24) is 10.3 Å². The molecule has 2 rings (SSSR count). The topological polar surface area (TPSA) is 67.6 Å². The Morgan fingerprint density at radius 3 is 2.88 bits per heavy atom. The summed E-state index contributed by atoms with van der Waals surface area (Å²) in [6.45, 7) is 4.28. The number of hydrogen-bond donors (Lipinski definition) is 2. The number of morpholine rings is 1. The number of nitrogen functional groups attached to an aromatic ring is 1. The molecule has 0 aliphatic carbocycles. The second kappa shape index (κ2) is 5.77. The number of benzene rings is 1. The molecule has 1 aliphatic rings. The zero-order valence-electron chi connectivity index (χ0n) is 9.69. The molecule has 92 valence electrons. The molecule has 17 heavy (non-hydrogen) atoms. The molecule has 0 saturated carbocycles. The van der Waals surface area contributed by atoms with Crippen LogP contribution in [0.1, 0.15) is 15.9 Å². The standard InChI is InChI=1S/C12H17N3O2/c13-14-12(16)11-3-1-2-10(8-11)9-15-4-6-17-7-5-15/h1-3,8H,4-7,9,13H2,(H,14,16). The maximum atomic E-state index is 11.4. The first-order valence-electron chi connectivity index (χ1n) is 5.69. The molecular weight excluding hydrogens is 218 g/mol. The molecule has 0 atom stereocenters. The van der Waals surface area contributed by atoms with Crippen LogP contribution in [0.3, 0.4) is 0 Å². The lowest BCUT2D eigenvalue weighted by atomic mass is 10.1. The molecule has 3 N–H and O–H groups in total. The Morgan fingerprint density at radius 2 is 2.18 bits per heavy atom. The number of nitrogens with zero attached hydrogens (tertiary/aromatic N) is 1. The van der Waals surface area contributed by atoms with E-state index in [0.717, 1.165) is 38.4 Å². The van der Waals surface area contributed by atoms with E-state index < -0.39 is 0 Å². The van der Waals surface area contributed by atoms with Crippen LogP contribution < -0.4 is 11.3 Å². The van der Waals surface area contributed by atoms with Crippen LogP contribution in [0.2, 0.25) is 0 Å². The maximum Gasteiger partial charge on any atom is 0.265 e. The molecule has 0 aromatic heterocycles. The van der Waals surface area contributed by atoms with Crippen LogP contribution in [0.4, 0.5) is 0 Å². The predicted molar refractivity (Wildman–Crippen MR) is 64.2 cm³/mol. The molecule has 1 aliphatic heterocycles. The number of amides is 1. The van der Waals surface area contributed by atoms with Gasteiger partial charge in [-0.05, 0) is 17.7 Å². The molecule has 1 heterocycles. The van der Waals surface area contributed by atoms with Crippen molar-refractivity contribution in [2.45, 2.75) is 6.54 Å². The minimum absolute atomic E-state index is 0.256. The Hall–Kier alpha value is -1.43. The first-order chi connectivity index (χ1) is 8.29. The highest BCUT2D eigenvalue weighted by Crippen LogP contribution is 2.09. The van der Waals surface area contributed by atoms with Crippen molar-refractivity contribution in [1.29, 1.82) is 0 Å². The average molecular weight is 235 g/mol. The van der Waals surface area contributed by atoms with Gasteiger partial charge in [0.05, 0.1) is 13.2 Å². The summed E-state index contributed by atoms with van der Waals surface area (Å²) in [5, 5.41) is 0. The van der Waals surface area contributed by atoms with Gasteiger partial charge in [-0.3, -0.25) is 15.1 Å². The molecule has 1 amide bonds. The number of hydrazine groups is 1. The highest BCUT2D eigenvalue weighted by atomic mass is 16.5. The van der Waals surface area contributed by atoms with Gasteiger partial charge in [-0.1, -0.05) is 12.1 Å². The van der Waals surface area contributed by atoms with Gasteiger partial charge in [0.25, 0.3) is 5.91 Å². The van der Waals surface area contributed by atoms with Gasteiger partial charge in [0, 0.05) is 25.2 Å². The summed E-state index contributed by atoms with van der Waals surface area (Å²) in [6.07, 6.45) is 0. The highest BCUT2D eigenvalue weighted by molar-refractivity contribution is 5.93. The molecule has 0 radical (unpaired) electrons. The monoisotopic (exact) mass is 235 g/mol. The van der Waals surface area contributed by atoms with Crippen molar-refractivity contribution in [3.63, 3.8) is 0 Å². The lowest BCUT2D eigenvalue weighted by Crippen LogP contribution is -2.35. The Kier molecular flexibility index (Phi) is 4.08. The molecule has 1 saturated heterocycles. The third kappa shape index (κ3) is 3.26. The quantitative estimate of drug-likeness (QED) is 0.444. The summed E-state index contributed by atoms with van der Waals surface area (Å²) in [5.74, 6) is 4.86. The van der Waals surface area contributed by atoms with Gasteiger partial charge in [-0.2, -0.15) is 0 Å². The van der Waals surface area contributed by atoms with Crippen LogP contribution in [0, 0.1) is 0 Å². The third-order valence-corrected chi connectivity index (χ3v) is 2.83. The van der Waals surface area contributed by atoms with Crippen LogP contribution in [-0.4, -0.2) is 37.1 Å². The van der Waals surface area contributed by atoms with Gasteiger partial charge < -0.3 is 4.74 Å². The van der Waals surface area contributed by atoms with E-state index >= 15 is 0 Å². The lowest BCUT2D eigenvalue weighted by molar-refractivity contribution is 0.0342. The van der Waals surface area contributed by atoms with Gasteiger partial charge >= 0.3 is 0 Å². The van der Waals surface area contributed by atoms with Crippen molar-refractivity contribution < 1.29 is 9.53 Å². The summed E-state index contributed by atoms with van der Waals surface area (Å²) >= 11 is 0. The van der Waals surface area contributed by atoms with Crippen molar-refractivity contribution >= 4 is 5.91 Å². The molecule has 1 fully saturated rings. The molecule has 0 unspecified atom stereocenters. The molecule has 0 bridgehead atoms. The fraction of sp³-hybridized carbons (Fsp3) is 0.417. The molecule has 5 heteroatoms. The summed E-state index contributed by atoms with van der Waals surface area (Å²) in [6, 6.07) is 7.52. The number of carbonyl (C=O) groups excluding carboxylic acids is 1. The largest absolute Gasteiger partial charge is 0.379 e. The van der Waals surface area contributed by atoms with E-state index in [1.807, 2.05) is 18.2 Å². The second-order valence-electron chi connectivity index (χ2n) is 4.06. The van der Waals surface area contributed by atoms with Crippen LogP contribution in [0.15, 0.2) is 24.3 Å². The highest BCUT2D eigenvalue weighted by Gasteiger charge is 2.11. The van der Waals surface area contributed by atoms with Gasteiger partial charge in [-0.25, -0.2) is 5.84 Å². The van der Waals surface area contributed by atoms with Crippen LogP contribution in [0.25, 0.3) is 0 Å². The number of ether oxygens (including phenoxy) is 1. The number of nitrogens with two attached hydrogens (primary N) is 1. The number of hydrogen-bond acceptors (Lipinski definition) is 4. The van der Waals surface area contributed by atoms with Gasteiger partial charge in [0.2, 0.25) is 0 Å². The van der Waals surface area contributed by atoms with Gasteiger partial charge in [0.1, 0.15) is 0 Å². The fourth-order valence-corrected chi connectivity index (χ4v) is 1.91. The molecule has 1 aromatic rings. The zero-order valence-corrected chi connectivity index (χ0v) is 9.69. The molecular formula is C12H17N3O2. The minimum Gasteiger partial charge on any atom is -0.379 e. The van der Waals surface area contributed by atoms with E-state index in [2.05, 4.69) is 10.3 Å². The first-order valence-corrected chi connectivity index (χ1v) is 5.69. The van der Waals surface area contributed by atoms with E-state index in [1.54, 1.807) is 6.07 Å². The Balaban J connectivity index is 2.02. The SMILES string of the molecule is NNC(=O)c1cccc(CN2CCOCC2)c1. The fourth-order valence-electron chi connectivity index (χ4n) is 1.91. The van der Waals surface area contributed by atoms with Crippen molar-refractivity contribution in [2.24, 2.45) is 5.84 Å². The molecule has 0 spiro atoms. The number of carbonyl (C=O) groups is 1. The molecule has 1 aromatic carbocycles. The molecule has 5 nitrogen and oxygen atoms in total. The summed E-state index contributed by atoms with van der Waals surface area (Å²) < 4.78 is 5.29. The normalized spacial score (nSPS) is 16.8. The van der Waals surface area contributed by atoms with Crippen molar-refractivity contribution in [3.05, 3.63) is 35.4 Å². The van der Waals surface area contributed by atoms with Crippen LogP contribution in [0.5, 0.6) is 0 Å². The van der Waals surface area contributed by atoms with Crippen LogP contribution in [-0.2, 0) is 11.3 Å². The summed E-state index contributed by atoms with van der Waals surface area (Å²) in [7, 11) is 0. The Labute approximate surface area is 101 Å².